The van der Waals surface area contributed by atoms with Gasteiger partial charge in [0.1, 0.15) is 0 Å². The number of benzene rings is 2. The van der Waals surface area contributed by atoms with E-state index in [1.54, 1.807) is 0 Å². The predicted octanol–water partition coefficient (Wildman–Crippen LogP) is 3.60. The van der Waals surface area contributed by atoms with Gasteiger partial charge in [0.2, 0.25) is 5.91 Å². The molecule has 3 rings (SSSR count). The van der Waals surface area contributed by atoms with E-state index < -0.39 is 0 Å². The Morgan fingerprint density at radius 2 is 1.62 bits per heavy atom. The van der Waals surface area contributed by atoms with Gasteiger partial charge in [-0.25, -0.2) is 0 Å². The summed E-state index contributed by atoms with van der Waals surface area (Å²) >= 11 is 0. The molecule has 0 bridgehead atoms. The summed E-state index contributed by atoms with van der Waals surface area (Å²) in [6.45, 7) is 7.37. The first-order valence-corrected chi connectivity index (χ1v) is 9.40. The maximum Gasteiger partial charge on any atom is 0.234 e. The zero-order chi connectivity index (χ0) is 18.4. The molecule has 0 fully saturated rings. The first-order chi connectivity index (χ1) is 12.6. The van der Waals surface area contributed by atoms with Gasteiger partial charge >= 0.3 is 0 Å². The van der Waals surface area contributed by atoms with E-state index in [4.69, 9.17) is 4.74 Å². The fourth-order valence-electron chi connectivity index (χ4n) is 3.37. The van der Waals surface area contributed by atoms with E-state index in [-0.39, 0.29) is 12.0 Å². The van der Waals surface area contributed by atoms with Gasteiger partial charge in [-0.05, 0) is 42.5 Å². The van der Waals surface area contributed by atoms with Crippen molar-refractivity contribution >= 4 is 5.91 Å². The van der Waals surface area contributed by atoms with Crippen molar-refractivity contribution < 1.29 is 9.53 Å². The lowest BCUT2D eigenvalue weighted by Gasteiger charge is -2.20. The summed E-state index contributed by atoms with van der Waals surface area (Å²) in [6, 6.07) is 17.0. The average Bonchev–Trinajstić information content (AvgIpc) is 2.77. The second-order valence-electron chi connectivity index (χ2n) is 7.08. The summed E-state index contributed by atoms with van der Waals surface area (Å²) in [5.74, 6) is 0.0754. The lowest BCUT2D eigenvalue weighted by molar-refractivity contribution is -0.122. The third-order valence-electron chi connectivity index (χ3n) is 4.57. The van der Waals surface area contributed by atoms with Gasteiger partial charge in [0.05, 0.1) is 12.6 Å². The summed E-state index contributed by atoms with van der Waals surface area (Å²) in [7, 11) is 0. The van der Waals surface area contributed by atoms with Crippen LogP contribution in [-0.2, 0) is 22.6 Å². The molecule has 26 heavy (non-hydrogen) atoms. The lowest BCUT2D eigenvalue weighted by Crippen LogP contribution is -2.37. The summed E-state index contributed by atoms with van der Waals surface area (Å²) in [5, 5.41) is 3.01. The molecule has 0 unspecified atom stereocenters. The molecule has 1 heterocycles. The van der Waals surface area contributed by atoms with Crippen LogP contribution in [0.3, 0.4) is 0 Å². The van der Waals surface area contributed by atoms with Crippen LogP contribution in [0.1, 0.15) is 31.4 Å². The molecule has 138 valence electrons. The van der Waals surface area contributed by atoms with E-state index in [2.05, 4.69) is 58.7 Å². The Bertz CT molecular complexity index is 695. The molecule has 4 heteroatoms. The number of amides is 1. The van der Waals surface area contributed by atoms with Crippen LogP contribution in [0.5, 0.6) is 0 Å². The van der Waals surface area contributed by atoms with Crippen LogP contribution in [0.2, 0.25) is 0 Å². The molecule has 0 saturated heterocycles. The fourth-order valence-corrected chi connectivity index (χ4v) is 3.37. The number of carbonyl (C=O) groups excluding carboxylic acids is 1. The molecule has 1 aliphatic rings. The molecule has 2 aromatic carbocycles. The first-order valence-electron chi connectivity index (χ1n) is 9.40. The highest BCUT2D eigenvalue weighted by Crippen LogP contribution is 2.32. The minimum absolute atomic E-state index is 0.0754. The zero-order valence-electron chi connectivity index (χ0n) is 15.7. The second kappa shape index (κ2) is 8.97. The van der Waals surface area contributed by atoms with Crippen molar-refractivity contribution in [3.05, 3.63) is 59.7 Å². The molecule has 0 spiro atoms. The van der Waals surface area contributed by atoms with Gasteiger partial charge in [-0.1, -0.05) is 48.5 Å². The van der Waals surface area contributed by atoms with Crippen LogP contribution in [0.15, 0.2) is 48.5 Å². The van der Waals surface area contributed by atoms with Crippen molar-refractivity contribution in [1.82, 2.24) is 10.2 Å². The molecule has 0 radical (unpaired) electrons. The third-order valence-corrected chi connectivity index (χ3v) is 4.57. The van der Waals surface area contributed by atoms with Crippen molar-refractivity contribution in [2.24, 2.45) is 0 Å². The first kappa shape index (κ1) is 18.6. The molecule has 0 atom stereocenters. The number of nitrogens with zero attached hydrogens (tertiary/aromatic N) is 1. The van der Waals surface area contributed by atoms with Crippen LogP contribution < -0.4 is 5.32 Å². The van der Waals surface area contributed by atoms with Crippen molar-refractivity contribution in [3.8, 4) is 11.1 Å². The Balaban J connectivity index is 1.61. The van der Waals surface area contributed by atoms with Crippen LogP contribution >= 0.6 is 0 Å². The van der Waals surface area contributed by atoms with E-state index in [9.17, 15) is 4.79 Å². The van der Waals surface area contributed by atoms with Crippen molar-refractivity contribution in [2.75, 3.05) is 19.7 Å². The van der Waals surface area contributed by atoms with Gasteiger partial charge in [0.15, 0.2) is 0 Å². The van der Waals surface area contributed by atoms with Crippen molar-refractivity contribution in [3.63, 3.8) is 0 Å². The topological polar surface area (TPSA) is 41.6 Å². The van der Waals surface area contributed by atoms with E-state index in [0.717, 1.165) is 19.5 Å². The predicted molar refractivity (Wildman–Crippen MR) is 105 cm³/mol. The molecular weight excluding hydrogens is 324 g/mol. The van der Waals surface area contributed by atoms with Gasteiger partial charge in [-0.2, -0.15) is 0 Å². The molecule has 1 aliphatic heterocycles. The Labute approximate surface area is 156 Å². The van der Waals surface area contributed by atoms with Gasteiger partial charge in [-0.3, -0.25) is 9.69 Å². The van der Waals surface area contributed by atoms with Crippen LogP contribution in [0.4, 0.5) is 0 Å². The zero-order valence-corrected chi connectivity index (χ0v) is 15.7. The number of hydrogen-bond acceptors (Lipinski definition) is 3. The highest BCUT2D eigenvalue weighted by atomic mass is 16.5. The lowest BCUT2D eigenvalue weighted by atomic mass is 9.97. The van der Waals surface area contributed by atoms with Crippen molar-refractivity contribution in [2.45, 2.75) is 39.5 Å². The molecule has 0 aromatic heterocycles. The van der Waals surface area contributed by atoms with Crippen LogP contribution in [0, 0.1) is 0 Å². The largest absolute Gasteiger partial charge is 0.379 e. The second-order valence-corrected chi connectivity index (χ2v) is 7.08. The summed E-state index contributed by atoms with van der Waals surface area (Å²) in [4.78, 5) is 14.6. The van der Waals surface area contributed by atoms with Gasteiger partial charge < -0.3 is 10.1 Å². The molecule has 0 saturated carbocycles. The molecular formula is C22H28N2O2. The Kier molecular flexibility index (Phi) is 6.42. The molecule has 4 nitrogen and oxygen atoms in total. The summed E-state index contributed by atoms with van der Waals surface area (Å²) < 4.78 is 5.51. The SMILES string of the molecule is CC(C)OCCCNC(=O)CN1Cc2ccccc2-c2ccccc2C1. The highest BCUT2D eigenvalue weighted by Gasteiger charge is 2.20. The van der Waals surface area contributed by atoms with Crippen molar-refractivity contribution in [1.29, 1.82) is 0 Å². The molecule has 1 amide bonds. The fraction of sp³-hybridized carbons (Fsp3) is 0.409. The van der Waals surface area contributed by atoms with Gasteiger partial charge in [-0.15, -0.1) is 0 Å². The van der Waals surface area contributed by atoms with E-state index >= 15 is 0 Å². The minimum atomic E-state index is 0.0754. The third kappa shape index (κ3) is 4.93. The smallest absolute Gasteiger partial charge is 0.234 e. The average molecular weight is 352 g/mol. The van der Waals surface area contributed by atoms with E-state index in [0.29, 0.717) is 19.7 Å². The summed E-state index contributed by atoms with van der Waals surface area (Å²) in [6.07, 6.45) is 1.08. The highest BCUT2D eigenvalue weighted by molar-refractivity contribution is 5.78. The Morgan fingerprint density at radius 3 is 2.19 bits per heavy atom. The standard InChI is InChI=1S/C22H28N2O2/c1-17(2)26-13-7-12-23-22(25)16-24-14-18-8-3-5-10-20(18)21-11-6-4-9-19(21)15-24/h3-6,8-11,17H,7,12-16H2,1-2H3,(H,23,25). The van der Waals surface area contributed by atoms with Gasteiger partial charge in [0.25, 0.3) is 0 Å². The van der Waals surface area contributed by atoms with Crippen LogP contribution in [0.25, 0.3) is 11.1 Å². The van der Waals surface area contributed by atoms with E-state index in [1.165, 1.54) is 22.3 Å². The summed E-state index contributed by atoms with van der Waals surface area (Å²) in [5.41, 5.74) is 5.10. The Morgan fingerprint density at radius 1 is 1.04 bits per heavy atom. The maximum absolute atomic E-state index is 12.4. The number of rotatable bonds is 7. The number of hydrogen-bond donors (Lipinski definition) is 1. The quantitative estimate of drug-likeness (QED) is 0.774. The minimum Gasteiger partial charge on any atom is -0.379 e. The molecule has 0 aliphatic carbocycles. The molecule has 1 N–H and O–H groups in total. The monoisotopic (exact) mass is 352 g/mol. The normalized spacial score (nSPS) is 13.8. The number of fused-ring (bicyclic) bond motifs is 3. The van der Waals surface area contributed by atoms with E-state index in [1.807, 2.05) is 13.8 Å². The Hall–Kier alpha value is -2.17. The van der Waals surface area contributed by atoms with Crippen LogP contribution in [-0.4, -0.2) is 36.6 Å². The number of carbonyl (C=O) groups is 1. The number of ether oxygens (including phenoxy) is 1. The number of nitrogens with one attached hydrogen (secondary N) is 1. The maximum atomic E-state index is 12.4. The van der Waals surface area contributed by atoms with Gasteiger partial charge in [0, 0.05) is 26.2 Å². The molecule has 2 aromatic rings.